The Hall–Kier alpha value is -1.02. The maximum atomic E-state index is 6.09. The normalized spacial score (nSPS) is 12.4. The van der Waals surface area contributed by atoms with E-state index in [1.54, 1.807) is 0 Å². The third kappa shape index (κ3) is 3.99. The first kappa shape index (κ1) is 15.4. The smallest absolute Gasteiger partial charge is 0.0595 e. The second-order valence-electron chi connectivity index (χ2n) is 5.00. The highest BCUT2D eigenvalue weighted by Crippen LogP contribution is 2.27. The van der Waals surface area contributed by atoms with Crippen molar-refractivity contribution >= 4 is 23.2 Å². The molecule has 20 heavy (non-hydrogen) atoms. The van der Waals surface area contributed by atoms with E-state index in [0.717, 1.165) is 13.0 Å². The fourth-order valence-corrected chi connectivity index (χ4v) is 2.60. The minimum atomic E-state index is 0.283. The molecule has 106 valence electrons. The maximum absolute atomic E-state index is 6.09. The number of hydrogen-bond acceptors (Lipinski definition) is 1. The van der Waals surface area contributed by atoms with E-state index < -0.39 is 0 Å². The van der Waals surface area contributed by atoms with Crippen molar-refractivity contribution in [1.29, 1.82) is 0 Å². The van der Waals surface area contributed by atoms with E-state index in [4.69, 9.17) is 23.2 Å². The maximum Gasteiger partial charge on any atom is 0.0595 e. The summed E-state index contributed by atoms with van der Waals surface area (Å²) in [5.74, 6) is 0. The molecule has 0 radical (unpaired) electrons. The summed E-state index contributed by atoms with van der Waals surface area (Å²) >= 11 is 12.1. The molecule has 0 saturated carbocycles. The van der Waals surface area contributed by atoms with Crippen LogP contribution in [0.5, 0.6) is 0 Å². The molecule has 2 aromatic carbocycles. The molecular formula is C17H19Cl2N. The molecular weight excluding hydrogens is 289 g/mol. The van der Waals surface area contributed by atoms with Crippen LogP contribution >= 0.6 is 23.2 Å². The van der Waals surface area contributed by atoms with Crippen LogP contribution in [0.25, 0.3) is 0 Å². The summed E-state index contributed by atoms with van der Waals surface area (Å²) in [6, 6.07) is 14.7. The van der Waals surface area contributed by atoms with Gasteiger partial charge >= 0.3 is 0 Å². The van der Waals surface area contributed by atoms with Crippen molar-refractivity contribution in [2.24, 2.45) is 0 Å². The monoisotopic (exact) mass is 307 g/mol. The number of halogens is 2. The number of aryl methyl sites for hydroxylation is 1. The zero-order valence-corrected chi connectivity index (χ0v) is 13.3. The van der Waals surface area contributed by atoms with Crippen LogP contribution in [-0.4, -0.2) is 0 Å². The summed E-state index contributed by atoms with van der Waals surface area (Å²) in [5.41, 5.74) is 3.75. The van der Waals surface area contributed by atoms with Gasteiger partial charge in [-0.2, -0.15) is 0 Å². The molecule has 3 heteroatoms. The lowest BCUT2D eigenvalue weighted by molar-refractivity contribution is 0.519. The van der Waals surface area contributed by atoms with Gasteiger partial charge in [0.25, 0.3) is 0 Å². The van der Waals surface area contributed by atoms with Gasteiger partial charge in [0.1, 0.15) is 0 Å². The lowest BCUT2D eigenvalue weighted by Crippen LogP contribution is -2.20. The standard InChI is InChI=1S/C17H19Cl2N/c1-3-17(14-7-8-15(18)16(19)10-14)20-11-13-6-4-5-12(2)9-13/h4-10,17,20H,3,11H2,1-2H3. The third-order valence-corrected chi connectivity index (χ3v) is 4.13. The van der Waals surface area contributed by atoms with E-state index in [2.05, 4.69) is 43.4 Å². The molecule has 0 heterocycles. The molecule has 0 spiro atoms. The lowest BCUT2D eigenvalue weighted by atomic mass is 10.0. The van der Waals surface area contributed by atoms with Gasteiger partial charge < -0.3 is 5.32 Å². The fraction of sp³-hybridized carbons (Fsp3) is 0.294. The minimum Gasteiger partial charge on any atom is -0.306 e. The lowest BCUT2D eigenvalue weighted by Gasteiger charge is -2.18. The largest absolute Gasteiger partial charge is 0.306 e. The van der Waals surface area contributed by atoms with E-state index in [1.807, 2.05) is 18.2 Å². The topological polar surface area (TPSA) is 12.0 Å². The van der Waals surface area contributed by atoms with E-state index in [0.29, 0.717) is 10.0 Å². The average Bonchev–Trinajstić information content (AvgIpc) is 2.43. The van der Waals surface area contributed by atoms with E-state index in [9.17, 15) is 0 Å². The Morgan fingerprint density at radius 3 is 2.50 bits per heavy atom. The molecule has 0 aliphatic heterocycles. The molecule has 0 aliphatic carbocycles. The molecule has 0 fully saturated rings. The number of benzene rings is 2. The van der Waals surface area contributed by atoms with Crippen molar-refractivity contribution in [3.63, 3.8) is 0 Å². The zero-order chi connectivity index (χ0) is 14.5. The SMILES string of the molecule is CCC(NCc1cccc(C)c1)c1ccc(Cl)c(Cl)c1. The quantitative estimate of drug-likeness (QED) is 0.764. The molecule has 1 unspecified atom stereocenters. The number of hydrogen-bond donors (Lipinski definition) is 1. The van der Waals surface area contributed by atoms with Gasteiger partial charge in [0.2, 0.25) is 0 Å². The summed E-state index contributed by atoms with van der Waals surface area (Å²) < 4.78 is 0. The number of nitrogens with one attached hydrogen (secondary N) is 1. The van der Waals surface area contributed by atoms with E-state index in [1.165, 1.54) is 16.7 Å². The van der Waals surface area contributed by atoms with Gasteiger partial charge in [-0.1, -0.05) is 66.0 Å². The summed E-state index contributed by atoms with van der Waals surface area (Å²) in [7, 11) is 0. The predicted octanol–water partition coefficient (Wildman–Crippen LogP) is 5.54. The van der Waals surface area contributed by atoms with Gasteiger partial charge in [-0.15, -0.1) is 0 Å². The molecule has 1 N–H and O–H groups in total. The summed E-state index contributed by atoms with van der Waals surface area (Å²) in [4.78, 5) is 0. The Balaban J connectivity index is 2.07. The molecule has 0 amide bonds. The van der Waals surface area contributed by atoms with Crippen LogP contribution < -0.4 is 5.32 Å². The molecule has 0 saturated heterocycles. The van der Waals surface area contributed by atoms with Crippen molar-refractivity contribution in [1.82, 2.24) is 5.32 Å². The third-order valence-electron chi connectivity index (χ3n) is 3.39. The van der Waals surface area contributed by atoms with Crippen molar-refractivity contribution < 1.29 is 0 Å². The highest BCUT2D eigenvalue weighted by molar-refractivity contribution is 6.42. The first-order chi connectivity index (χ1) is 9.60. The van der Waals surface area contributed by atoms with E-state index in [-0.39, 0.29) is 6.04 Å². The van der Waals surface area contributed by atoms with Crippen LogP contribution in [0.4, 0.5) is 0 Å². The molecule has 0 aromatic heterocycles. The van der Waals surface area contributed by atoms with Gasteiger partial charge in [-0.25, -0.2) is 0 Å². The van der Waals surface area contributed by atoms with Crippen LogP contribution in [0.1, 0.15) is 36.1 Å². The molecule has 0 aliphatic rings. The second-order valence-corrected chi connectivity index (χ2v) is 5.82. The molecule has 2 aromatic rings. The first-order valence-electron chi connectivity index (χ1n) is 6.84. The van der Waals surface area contributed by atoms with Crippen LogP contribution in [0.15, 0.2) is 42.5 Å². The van der Waals surface area contributed by atoms with Crippen LogP contribution in [0.2, 0.25) is 10.0 Å². The van der Waals surface area contributed by atoms with Gasteiger partial charge in [-0.3, -0.25) is 0 Å². The van der Waals surface area contributed by atoms with Crippen molar-refractivity contribution in [3.8, 4) is 0 Å². The second kappa shape index (κ2) is 7.12. The van der Waals surface area contributed by atoms with E-state index >= 15 is 0 Å². The molecule has 1 nitrogen and oxygen atoms in total. The van der Waals surface area contributed by atoms with Gasteiger partial charge in [0.05, 0.1) is 10.0 Å². The summed E-state index contributed by atoms with van der Waals surface area (Å²) in [6.07, 6.45) is 1.00. The van der Waals surface area contributed by atoms with Gasteiger partial charge in [-0.05, 0) is 36.6 Å². The minimum absolute atomic E-state index is 0.283. The highest BCUT2D eigenvalue weighted by Gasteiger charge is 2.10. The Morgan fingerprint density at radius 1 is 1.05 bits per heavy atom. The Bertz CT molecular complexity index is 581. The van der Waals surface area contributed by atoms with Gasteiger partial charge in [0.15, 0.2) is 0 Å². The van der Waals surface area contributed by atoms with Crippen LogP contribution in [0.3, 0.4) is 0 Å². The first-order valence-corrected chi connectivity index (χ1v) is 7.59. The van der Waals surface area contributed by atoms with Crippen molar-refractivity contribution in [3.05, 3.63) is 69.2 Å². The highest BCUT2D eigenvalue weighted by atomic mass is 35.5. The van der Waals surface area contributed by atoms with Crippen LogP contribution in [0, 0.1) is 6.92 Å². The van der Waals surface area contributed by atoms with Crippen LogP contribution in [-0.2, 0) is 6.54 Å². The Morgan fingerprint density at radius 2 is 1.85 bits per heavy atom. The Labute approximate surface area is 130 Å². The number of rotatable bonds is 5. The Kier molecular flexibility index (Phi) is 5.47. The summed E-state index contributed by atoms with van der Waals surface area (Å²) in [5, 5.41) is 4.79. The average molecular weight is 308 g/mol. The zero-order valence-electron chi connectivity index (χ0n) is 11.8. The van der Waals surface area contributed by atoms with Gasteiger partial charge in [0, 0.05) is 12.6 Å². The predicted molar refractivity (Wildman–Crippen MR) is 87.5 cm³/mol. The van der Waals surface area contributed by atoms with Crippen molar-refractivity contribution in [2.45, 2.75) is 32.9 Å². The van der Waals surface area contributed by atoms with Crippen molar-refractivity contribution in [2.75, 3.05) is 0 Å². The molecule has 2 rings (SSSR count). The molecule has 1 atom stereocenters. The fourth-order valence-electron chi connectivity index (χ4n) is 2.29. The molecule has 0 bridgehead atoms. The summed E-state index contributed by atoms with van der Waals surface area (Å²) in [6.45, 7) is 5.12.